The third-order valence-electron chi connectivity index (χ3n) is 4.58. The number of nitrogens with one attached hydrogen (secondary N) is 1. The number of hydrazone groups is 1. The van der Waals surface area contributed by atoms with Crippen LogP contribution in [0.5, 0.6) is 5.75 Å². The Balaban J connectivity index is 1.53. The number of carbonyl (C=O) groups excluding carboxylic acids is 2. The van der Waals surface area contributed by atoms with E-state index in [0.717, 1.165) is 29.0 Å². The lowest BCUT2D eigenvalue weighted by molar-refractivity contribution is -0.126. The Morgan fingerprint density at radius 1 is 1.21 bits per heavy atom. The molecule has 0 saturated carbocycles. The predicted octanol–water partition coefficient (Wildman–Crippen LogP) is 3.29. The van der Waals surface area contributed by atoms with E-state index in [1.807, 2.05) is 55.5 Å². The molecule has 1 aliphatic rings. The van der Waals surface area contributed by atoms with E-state index in [9.17, 15) is 9.59 Å². The third kappa shape index (κ3) is 4.97. The van der Waals surface area contributed by atoms with Crippen LogP contribution in [0.1, 0.15) is 30.9 Å². The SMILES string of the molecule is CCCOc1ccc(/C=N/NC(=O)[C@H]2CC(=O)N(c3ccc(C)cc3)C2)cc1. The molecule has 2 amide bonds. The predicted molar refractivity (Wildman–Crippen MR) is 110 cm³/mol. The third-order valence-corrected chi connectivity index (χ3v) is 4.58. The number of aryl methyl sites for hydroxylation is 1. The van der Waals surface area contributed by atoms with Crippen molar-refractivity contribution in [3.05, 3.63) is 59.7 Å². The maximum Gasteiger partial charge on any atom is 0.245 e. The van der Waals surface area contributed by atoms with Crippen LogP contribution in [0, 0.1) is 12.8 Å². The van der Waals surface area contributed by atoms with Crippen LogP contribution in [-0.4, -0.2) is 31.2 Å². The maximum absolute atomic E-state index is 12.4. The molecule has 1 fully saturated rings. The van der Waals surface area contributed by atoms with Gasteiger partial charge in [0.2, 0.25) is 11.8 Å². The minimum Gasteiger partial charge on any atom is -0.494 e. The Bertz CT molecular complexity index is 844. The number of ether oxygens (including phenoxy) is 1. The lowest BCUT2D eigenvalue weighted by atomic mass is 10.1. The lowest BCUT2D eigenvalue weighted by Crippen LogP contribution is -2.30. The first kappa shape index (κ1) is 19.6. The number of carbonyl (C=O) groups is 2. The number of rotatable bonds is 7. The molecule has 146 valence electrons. The van der Waals surface area contributed by atoms with Gasteiger partial charge in [-0.2, -0.15) is 5.10 Å². The van der Waals surface area contributed by atoms with Gasteiger partial charge in [0.15, 0.2) is 0 Å². The molecule has 1 heterocycles. The summed E-state index contributed by atoms with van der Waals surface area (Å²) in [7, 11) is 0. The minimum atomic E-state index is -0.407. The highest BCUT2D eigenvalue weighted by Crippen LogP contribution is 2.25. The highest BCUT2D eigenvalue weighted by molar-refractivity contribution is 6.00. The summed E-state index contributed by atoms with van der Waals surface area (Å²) in [4.78, 5) is 26.3. The number of hydrogen-bond donors (Lipinski definition) is 1. The van der Waals surface area contributed by atoms with Crippen molar-refractivity contribution in [1.29, 1.82) is 0 Å². The molecule has 6 heteroatoms. The monoisotopic (exact) mass is 379 g/mol. The Morgan fingerprint density at radius 2 is 1.93 bits per heavy atom. The molecule has 0 aromatic heterocycles. The summed E-state index contributed by atoms with van der Waals surface area (Å²) in [6.45, 7) is 5.10. The van der Waals surface area contributed by atoms with E-state index >= 15 is 0 Å². The smallest absolute Gasteiger partial charge is 0.245 e. The van der Waals surface area contributed by atoms with Crippen LogP contribution >= 0.6 is 0 Å². The van der Waals surface area contributed by atoms with E-state index in [2.05, 4.69) is 17.5 Å². The molecule has 0 spiro atoms. The van der Waals surface area contributed by atoms with E-state index in [0.29, 0.717) is 13.2 Å². The molecule has 1 saturated heterocycles. The number of anilines is 1. The summed E-state index contributed by atoms with van der Waals surface area (Å²) in [5.74, 6) is 0.109. The second-order valence-electron chi connectivity index (χ2n) is 6.89. The van der Waals surface area contributed by atoms with Gasteiger partial charge < -0.3 is 9.64 Å². The average molecular weight is 379 g/mol. The molecular weight excluding hydrogens is 354 g/mol. The summed E-state index contributed by atoms with van der Waals surface area (Å²) in [6.07, 6.45) is 2.73. The zero-order valence-electron chi connectivity index (χ0n) is 16.2. The average Bonchev–Trinajstić information content (AvgIpc) is 3.09. The van der Waals surface area contributed by atoms with Crippen molar-refractivity contribution in [2.75, 3.05) is 18.1 Å². The van der Waals surface area contributed by atoms with Gasteiger partial charge in [-0.05, 0) is 55.3 Å². The first-order valence-corrected chi connectivity index (χ1v) is 9.49. The minimum absolute atomic E-state index is 0.0457. The van der Waals surface area contributed by atoms with Crippen molar-refractivity contribution in [2.24, 2.45) is 11.0 Å². The molecule has 1 N–H and O–H groups in total. The van der Waals surface area contributed by atoms with Crippen molar-refractivity contribution in [3.63, 3.8) is 0 Å². The Hall–Kier alpha value is -3.15. The fraction of sp³-hybridized carbons (Fsp3) is 0.318. The molecule has 2 aromatic rings. The van der Waals surface area contributed by atoms with Crippen LogP contribution in [0.2, 0.25) is 0 Å². The van der Waals surface area contributed by atoms with Crippen LogP contribution in [-0.2, 0) is 9.59 Å². The molecule has 0 unspecified atom stereocenters. The van der Waals surface area contributed by atoms with Gasteiger partial charge >= 0.3 is 0 Å². The van der Waals surface area contributed by atoms with Crippen LogP contribution in [0.15, 0.2) is 53.6 Å². The van der Waals surface area contributed by atoms with Crippen LogP contribution in [0.4, 0.5) is 5.69 Å². The van der Waals surface area contributed by atoms with Crippen molar-refractivity contribution >= 4 is 23.7 Å². The molecule has 0 bridgehead atoms. The highest BCUT2D eigenvalue weighted by atomic mass is 16.5. The van der Waals surface area contributed by atoms with E-state index in [4.69, 9.17) is 4.74 Å². The standard InChI is InChI=1S/C22H25N3O3/c1-3-12-28-20-10-6-17(7-11-20)14-23-24-22(27)18-13-21(26)25(15-18)19-8-4-16(2)5-9-19/h4-11,14,18H,3,12-13,15H2,1-2H3,(H,24,27)/b23-14+/t18-/m0/s1. The quantitative estimate of drug-likeness (QED) is 0.593. The van der Waals surface area contributed by atoms with E-state index in [1.54, 1.807) is 11.1 Å². The number of amides is 2. The van der Waals surface area contributed by atoms with E-state index in [1.165, 1.54) is 0 Å². The first-order valence-electron chi connectivity index (χ1n) is 9.49. The molecule has 28 heavy (non-hydrogen) atoms. The van der Waals surface area contributed by atoms with Crippen LogP contribution < -0.4 is 15.1 Å². The lowest BCUT2D eigenvalue weighted by Gasteiger charge is -2.16. The van der Waals surface area contributed by atoms with E-state index < -0.39 is 5.92 Å². The van der Waals surface area contributed by atoms with Gasteiger partial charge in [-0.25, -0.2) is 5.43 Å². The van der Waals surface area contributed by atoms with Gasteiger partial charge in [0, 0.05) is 18.7 Å². The maximum atomic E-state index is 12.4. The molecule has 1 aliphatic heterocycles. The summed E-state index contributed by atoms with van der Waals surface area (Å²) < 4.78 is 5.53. The second kappa shape index (κ2) is 9.17. The number of benzene rings is 2. The molecule has 0 aliphatic carbocycles. The molecule has 3 rings (SSSR count). The summed E-state index contributed by atoms with van der Waals surface area (Å²) >= 11 is 0. The van der Waals surface area contributed by atoms with Gasteiger partial charge in [-0.1, -0.05) is 24.6 Å². The zero-order valence-corrected chi connectivity index (χ0v) is 16.2. The van der Waals surface area contributed by atoms with Crippen LogP contribution in [0.25, 0.3) is 0 Å². The van der Waals surface area contributed by atoms with Gasteiger partial charge in [-0.3, -0.25) is 9.59 Å². The van der Waals surface area contributed by atoms with Crippen LogP contribution in [0.3, 0.4) is 0 Å². The molecule has 2 aromatic carbocycles. The highest BCUT2D eigenvalue weighted by Gasteiger charge is 2.35. The molecule has 1 atom stereocenters. The normalized spacial score (nSPS) is 16.6. The summed E-state index contributed by atoms with van der Waals surface area (Å²) in [5.41, 5.74) is 5.35. The fourth-order valence-corrected chi connectivity index (χ4v) is 2.99. The van der Waals surface area contributed by atoms with Gasteiger partial charge in [0.25, 0.3) is 0 Å². The fourth-order valence-electron chi connectivity index (χ4n) is 2.99. The van der Waals surface area contributed by atoms with Crippen molar-refractivity contribution in [3.8, 4) is 5.75 Å². The number of hydrogen-bond acceptors (Lipinski definition) is 4. The van der Waals surface area contributed by atoms with Gasteiger partial charge in [0.05, 0.1) is 18.7 Å². The van der Waals surface area contributed by atoms with Crippen molar-refractivity contribution in [1.82, 2.24) is 5.43 Å². The zero-order chi connectivity index (χ0) is 19.9. The van der Waals surface area contributed by atoms with E-state index in [-0.39, 0.29) is 18.2 Å². The largest absolute Gasteiger partial charge is 0.494 e. The van der Waals surface area contributed by atoms with Crippen molar-refractivity contribution < 1.29 is 14.3 Å². The number of nitrogens with zero attached hydrogens (tertiary/aromatic N) is 2. The Kier molecular flexibility index (Phi) is 6.42. The van der Waals surface area contributed by atoms with Gasteiger partial charge in [0.1, 0.15) is 5.75 Å². The second-order valence-corrected chi connectivity index (χ2v) is 6.89. The topological polar surface area (TPSA) is 71.0 Å². The molecular formula is C22H25N3O3. The Morgan fingerprint density at radius 3 is 2.61 bits per heavy atom. The van der Waals surface area contributed by atoms with Crippen molar-refractivity contribution in [2.45, 2.75) is 26.7 Å². The summed E-state index contributed by atoms with van der Waals surface area (Å²) in [6, 6.07) is 15.2. The first-order chi connectivity index (χ1) is 13.6. The molecule has 0 radical (unpaired) electrons. The summed E-state index contributed by atoms with van der Waals surface area (Å²) in [5, 5.41) is 4.02. The van der Waals surface area contributed by atoms with Gasteiger partial charge in [-0.15, -0.1) is 0 Å². The molecule has 6 nitrogen and oxygen atoms in total. The Labute approximate surface area is 165 Å².